The van der Waals surface area contributed by atoms with Gasteiger partial charge in [-0.2, -0.15) is 10.1 Å². The van der Waals surface area contributed by atoms with E-state index in [1.165, 1.54) is 0 Å². The SMILES string of the molecule is COc1ccc(CNc2nncc(NC(C)C)n2)cc1. The predicted molar refractivity (Wildman–Crippen MR) is 78.9 cm³/mol. The summed E-state index contributed by atoms with van der Waals surface area (Å²) in [6, 6.07) is 8.14. The predicted octanol–water partition coefficient (Wildman–Crippen LogP) is 2.31. The van der Waals surface area contributed by atoms with Crippen LogP contribution in [0.2, 0.25) is 0 Å². The van der Waals surface area contributed by atoms with Crippen molar-refractivity contribution in [1.29, 1.82) is 0 Å². The molecule has 2 N–H and O–H groups in total. The second-order valence-corrected chi connectivity index (χ2v) is 4.67. The number of ether oxygens (including phenoxy) is 1. The molecule has 1 heterocycles. The molecule has 0 radical (unpaired) electrons. The molecule has 0 unspecified atom stereocenters. The maximum Gasteiger partial charge on any atom is 0.244 e. The first kappa shape index (κ1) is 14.0. The van der Waals surface area contributed by atoms with Crippen LogP contribution in [0.1, 0.15) is 19.4 Å². The maximum absolute atomic E-state index is 5.12. The smallest absolute Gasteiger partial charge is 0.244 e. The van der Waals surface area contributed by atoms with E-state index in [0.29, 0.717) is 24.4 Å². The average Bonchev–Trinajstić information content (AvgIpc) is 2.45. The molecular formula is C14H19N5O. The Morgan fingerprint density at radius 1 is 1.20 bits per heavy atom. The second-order valence-electron chi connectivity index (χ2n) is 4.67. The Balaban J connectivity index is 1.95. The Labute approximate surface area is 118 Å². The van der Waals surface area contributed by atoms with Gasteiger partial charge in [-0.3, -0.25) is 0 Å². The van der Waals surface area contributed by atoms with E-state index in [1.54, 1.807) is 13.3 Å². The van der Waals surface area contributed by atoms with E-state index in [-0.39, 0.29) is 0 Å². The number of hydrogen-bond donors (Lipinski definition) is 2. The number of nitrogens with zero attached hydrogens (tertiary/aromatic N) is 3. The zero-order valence-electron chi connectivity index (χ0n) is 11.9. The van der Waals surface area contributed by atoms with Crippen LogP contribution >= 0.6 is 0 Å². The largest absolute Gasteiger partial charge is 0.497 e. The van der Waals surface area contributed by atoms with E-state index in [4.69, 9.17) is 4.74 Å². The highest BCUT2D eigenvalue weighted by atomic mass is 16.5. The van der Waals surface area contributed by atoms with Crippen molar-refractivity contribution in [2.24, 2.45) is 0 Å². The molecule has 6 heteroatoms. The highest BCUT2D eigenvalue weighted by Crippen LogP contribution is 2.12. The van der Waals surface area contributed by atoms with Crippen LogP contribution in [-0.4, -0.2) is 28.3 Å². The third-order valence-corrected chi connectivity index (χ3v) is 2.61. The van der Waals surface area contributed by atoms with Crippen molar-refractivity contribution >= 4 is 11.8 Å². The number of rotatable bonds is 6. The molecule has 106 valence electrons. The van der Waals surface area contributed by atoms with E-state index in [9.17, 15) is 0 Å². The van der Waals surface area contributed by atoms with Gasteiger partial charge in [0, 0.05) is 12.6 Å². The molecule has 0 bridgehead atoms. The summed E-state index contributed by atoms with van der Waals surface area (Å²) in [7, 11) is 1.65. The molecule has 0 saturated heterocycles. The molecule has 0 saturated carbocycles. The summed E-state index contributed by atoms with van der Waals surface area (Å²) in [4.78, 5) is 4.34. The van der Waals surface area contributed by atoms with Gasteiger partial charge in [-0.15, -0.1) is 5.10 Å². The summed E-state index contributed by atoms with van der Waals surface area (Å²) >= 11 is 0. The van der Waals surface area contributed by atoms with Gasteiger partial charge in [0.25, 0.3) is 0 Å². The minimum atomic E-state index is 0.307. The molecule has 1 aromatic heterocycles. The van der Waals surface area contributed by atoms with Gasteiger partial charge in [-0.05, 0) is 31.5 Å². The van der Waals surface area contributed by atoms with Crippen molar-refractivity contribution in [1.82, 2.24) is 15.2 Å². The summed E-state index contributed by atoms with van der Waals surface area (Å²) in [5.41, 5.74) is 1.12. The molecule has 2 rings (SSSR count). The Kier molecular flexibility index (Phi) is 4.70. The van der Waals surface area contributed by atoms with E-state index in [1.807, 2.05) is 38.1 Å². The Morgan fingerprint density at radius 3 is 2.60 bits per heavy atom. The fourth-order valence-electron chi connectivity index (χ4n) is 1.67. The van der Waals surface area contributed by atoms with Gasteiger partial charge in [0.2, 0.25) is 5.95 Å². The van der Waals surface area contributed by atoms with Gasteiger partial charge in [0.15, 0.2) is 5.82 Å². The fourth-order valence-corrected chi connectivity index (χ4v) is 1.67. The Hall–Kier alpha value is -2.37. The van der Waals surface area contributed by atoms with Gasteiger partial charge in [0.1, 0.15) is 5.75 Å². The van der Waals surface area contributed by atoms with Crippen LogP contribution in [0, 0.1) is 0 Å². The Bertz CT molecular complexity index is 542. The van der Waals surface area contributed by atoms with Gasteiger partial charge in [-0.25, -0.2) is 0 Å². The first-order valence-electron chi connectivity index (χ1n) is 6.50. The molecule has 0 atom stereocenters. The van der Waals surface area contributed by atoms with Gasteiger partial charge < -0.3 is 15.4 Å². The van der Waals surface area contributed by atoms with Crippen molar-refractivity contribution < 1.29 is 4.74 Å². The molecule has 1 aromatic carbocycles. The highest BCUT2D eigenvalue weighted by Gasteiger charge is 2.02. The lowest BCUT2D eigenvalue weighted by Gasteiger charge is -2.10. The van der Waals surface area contributed by atoms with Crippen LogP contribution in [0.25, 0.3) is 0 Å². The summed E-state index contributed by atoms with van der Waals surface area (Å²) < 4.78 is 5.12. The van der Waals surface area contributed by atoms with Gasteiger partial charge in [-0.1, -0.05) is 12.1 Å². The van der Waals surface area contributed by atoms with E-state index < -0.39 is 0 Å². The number of hydrogen-bond acceptors (Lipinski definition) is 6. The van der Waals surface area contributed by atoms with Crippen LogP contribution in [0.4, 0.5) is 11.8 Å². The lowest BCUT2D eigenvalue weighted by molar-refractivity contribution is 0.414. The molecule has 0 aliphatic heterocycles. The van der Waals surface area contributed by atoms with Crippen LogP contribution < -0.4 is 15.4 Å². The van der Waals surface area contributed by atoms with Crippen molar-refractivity contribution in [3.63, 3.8) is 0 Å². The van der Waals surface area contributed by atoms with Crippen molar-refractivity contribution in [3.8, 4) is 5.75 Å². The molecule has 0 aliphatic carbocycles. The normalized spacial score (nSPS) is 10.4. The summed E-state index contributed by atoms with van der Waals surface area (Å²) in [5.74, 6) is 2.06. The minimum absolute atomic E-state index is 0.307. The van der Waals surface area contributed by atoms with Crippen LogP contribution in [-0.2, 0) is 6.54 Å². The van der Waals surface area contributed by atoms with Gasteiger partial charge in [0.05, 0.1) is 13.3 Å². The van der Waals surface area contributed by atoms with Crippen molar-refractivity contribution in [2.45, 2.75) is 26.4 Å². The number of benzene rings is 1. The third kappa shape index (κ3) is 4.08. The molecule has 2 aromatic rings. The summed E-state index contributed by atoms with van der Waals surface area (Å²) in [6.45, 7) is 4.73. The van der Waals surface area contributed by atoms with Crippen LogP contribution in [0.15, 0.2) is 30.5 Å². The number of nitrogens with one attached hydrogen (secondary N) is 2. The minimum Gasteiger partial charge on any atom is -0.497 e. The molecule has 20 heavy (non-hydrogen) atoms. The van der Waals surface area contributed by atoms with E-state index in [2.05, 4.69) is 25.8 Å². The zero-order chi connectivity index (χ0) is 14.4. The lowest BCUT2D eigenvalue weighted by atomic mass is 10.2. The molecular weight excluding hydrogens is 254 g/mol. The van der Waals surface area contributed by atoms with E-state index >= 15 is 0 Å². The van der Waals surface area contributed by atoms with Crippen LogP contribution in [0.5, 0.6) is 5.75 Å². The quantitative estimate of drug-likeness (QED) is 0.841. The summed E-state index contributed by atoms with van der Waals surface area (Å²) in [6.07, 6.45) is 1.61. The zero-order valence-corrected chi connectivity index (χ0v) is 11.9. The highest BCUT2D eigenvalue weighted by molar-refractivity contribution is 5.38. The van der Waals surface area contributed by atoms with Crippen molar-refractivity contribution in [3.05, 3.63) is 36.0 Å². The maximum atomic E-state index is 5.12. The van der Waals surface area contributed by atoms with Gasteiger partial charge >= 0.3 is 0 Å². The standard InChI is InChI=1S/C14H19N5O/c1-10(2)17-13-9-16-19-14(18-13)15-8-11-4-6-12(20-3)7-5-11/h4-7,9-10H,8H2,1-3H3,(H2,15,17,18,19). The topological polar surface area (TPSA) is 72.0 Å². The third-order valence-electron chi connectivity index (χ3n) is 2.61. The fraction of sp³-hybridized carbons (Fsp3) is 0.357. The van der Waals surface area contributed by atoms with E-state index in [0.717, 1.165) is 11.3 Å². The number of anilines is 2. The van der Waals surface area contributed by atoms with Crippen molar-refractivity contribution in [2.75, 3.05) is 17.7 Å². The summed E-state index contributed by atoms with van der Waals surface area (Å²) in [5, 5.41) is 14.2. The first-order valence-corrected chi connectivity index (χ1v) is 6.50. The monoisotopic (exact) mass is 273 g/mol. The molecule has 6 nitrogen and oxygen atoms in total. The Morgan fingerprint density at radius 2 is 1.95 bits per heavy atom. The lowest BCUT2D eigenvalue weighted by Crippen LogP contribution is -2.13. The number of aromatic nitrogens is 3. The molecule has 0 spiro atoms. The molecule has 0 fully saturated rings. The van der Waals surface area contributed by atoms with Crippen LogP contribution in [0.3, 0.4) is 0 Å². The average molecular weight is 273 g/mol. The number of methoxy groups -OCH3 is 1. The molecule has 0 amide bonds. The molecule has 0 aliphatic rings. The second kappa shape index (κ2) is 6.70. The first-order chi connectivity index (χ1) is 9.67.